The van der Waals surface area contributed by atoms with Crippen molar-refractivity contribution in [1.82, 2.24) is 15.3 Å². The van der Waals surface area contributed by atoms with E-state index in [1.165, 1.54) is 12.8 Å². The Labute approximate surface area is 100 Å². The molecular weight excluding hydrogens is 214 g/mol. The summed E-state index contributed by atoms with van der Waals surface area (Å²) < 4.78 is 0. The van der Waals surface area contributed by atoms with Crippen LogP contribution < -0.4 is 10.2 Å². The van der Waals surface area contributed by atoms with Crippen LogP contribution in [-0.4, -0.2) is 35.6 Å². The number of nitrogens with one attached hydrogen (secondary N) is 1. The highest BCUT2D eigenvalue weighted by atomic mass is 15.2. The Kier molecular flexibility index (Phi) is 2.65. The first kappa shape index (κ1) is 10.5. The maximum absolute atomic E-state index is 8.69. The van der Waals surface area contributed by atoms with Crippen molar-refractivity contribution in [2.45, 2.75) is 18.9 Å². The summed E-state index contributed by atoms with van der Waals surface area (Å²) in [6.45, 7) is 3.19. The molecule has 0 aliphatic carbocycles. The van der Waals surface area contributed by atoms with Gasteiger partial charge in [0.1, 0.15) is 11.9 Å². The lowest BCUT2D eigenvalue weighted by atomic mass is 9.94. The molecule has 1 N–H and O–H groups in total. The van der Waals surface area contributed by atoms with E-state index in [-0.39, 0.29) is 0 Å². The Bertz CT molecular complexity index is 421. The molecule has 0 aromatic carbocycles. The molecule has 5 nitrogen and oxygen atoms in total. The van der Waals surface area contributed by atoms with Crippen LogP contribution in [0.2, 0.25) is 0 Å². The van der Waals surface area contributed by atoms with Crippen molar-refractivity contribution < 1.29 is 0 Å². The average molecular weight is 229 g/mol. The van der Waals surface area contributed by atoms with Gasteiger partial charge in [-0.1, -0.05) is 0 Å². The number of nitriles is 1. The monoisotopic (exact) mass is 229 g/mol. The molecule has 0 radical (unpaired) electrons. The van der Waals surface area contributed by atoms with Crippen LogP contribution in [0.25, 0.3) is 0 Å². The van der Waals surface area contributed by atoms with E-state index in [2.05, 4.69) is 20.2 Å². The first-order chi connectivity index (χ1) is 8.36. The smallest absolute Gasteiger partial charge is 0.158 e. The second-order valence-corrected chi connectivity index (χ2v) is 4.74. The molecule has 2 aliphatic heterocycles. The molecule has 2 fully saturated rings. The zero-order valence-corrected chi connectivity index (χ0v) is 9.63. The van der Waals surface area contributed by atoms with Crippen LogP contribution in [0.4, 0.5) is 5.82 Å². The molecule has 1 aromatic heterocycles. The van der Waals surface area contributed by atoms with Crippen LogP contribution in [-0.2, 0) is 0 Å². The Morgan fingerprint density at radius 1 is 1.35 bits per heavy atom. The predicted octanol–water partition coefficient (Wildman–Crippen LogP) is 0.536. The van der Waals surface area contributed by atoms with Crippen LogP contribution >= 0.6 is 0 Å². The largest absolute Gasteiger partial charge is 0.353 e. The van der Waals surface area contributed by atoms with E-state index in [0.29, 0.717) is 11.7 Å². The Hall–Kier alpha value is -1.67. The quantitative estimate of drug-likeness (QED) is 0.761. The molecule has 0 saturated carbocycles. The lowest BCUT2D eigenvalue weighted by Gasteiger charge is -2.24. The number of hydrogen-bond donors (Lipinski definition) is 1. The van der Waals surface area contributed by atoms with Crippen molar-refractivity contribution in [3.8, 4) is 6.07 Å². The third-order valence-corrected chi connectivity index (χ3v) is 3.68. The van der Waals surface area contributed by atoms with Gasteiger partial charge in [0.05, 0.1) is 12.4 Å². The summed E-state index contributed by atoms with van der Waals surface area (Å²) in [5.41, 5.74) is 0.378. The van der Waals surface area contributed by atoms with Gasteiger partial charge in [0.25, 0.3) is 0 Å². The Morgan fingerprint density at radius 3 is 3.00 bits per heavy atom. The fourth-order valence-electron chi connectivity index (χ4n) is 2.78. The zero-order chi connectivity index (χ0) is 11.7. The third-order valence-electron chi connectivity index (χ3n) is 3.68. The molecule has 0 bridgehead atoms. The number of hydrogen-bond acceptors (Lipinski definition) is 5. The van der Waals surface area contributed by atoms with Crippen LogP contribution in [0.15, 0.2) is 12.4 Å². The molecule has 0 unspecified atom stereocenters. The predicted molar refractivity (Wildman–Crippen MR) is 63.5 cm³/mol. The van der Waals surface area contributed by atoms with Crippen molar-refractivity contribution in [2.24, 2.45) is 5.92 Å². The van der Waals surface area contributed by atoms with Gasteiger partial charge in [-0.25, -0.2) is 9.97 Å². The first-order valence-corrected chi connectivity index (χ1v) is 6.07. The number of piperidine rings is 1. The van der Waals surface area contributed by atoms with Crippen molar-refractivity contribution in [3.63, 3.8) is 0 Å². The van der Waals surface area contributed by atoms with E-state index in [4.69, 9.17) is 5.26 Å². The highest BCUT2D eigenvalue weighted by Crippen LogP contribution is 2.27. The SMILES string of the molecule is N#Cc1cnc(N2C[C@@H]3CCCN[C@@H]3C2)cn1. The normalized spacial score (nSPS) is 27.6. The van der Waals surface area contributed by atoms with Gasteiger partial charge in [0, 0.05) is 19.1 Å². The van der Waals surface area contributed by atoms with E-state index in [1.54, 1.807) is 12.4 Å². The van der Waals surface area contributed by atoms with E-state index in [1.807, 2.05) is 6.07 Å². The second kappa shape index (κ2) is 4.30. The highest BCUT2D eigenvalue weighted by Gasteiger charge is 2.34. The van der Waals surface area contributed by atoms with E-state index < -0.39 is 0 Å². The zero-order valence-electron chi connectivity index (χ0n) is 9.63. The standard InChI is InChI=1S/C12H15N5/c13-4-10-5-16-12(6-15-10)17-7-9-2-1-3-14-11(9)8-17/h5-6,9,11,14H,1-3,7-8H2/t9-,11+/m0/s1. The molecule has 0 spiro atoms. The summed E-state index contributed by atoms with van der Waals surface area (Å²) in [5, 5.41) is 12.2. The lowest BCUT2D eigenvalue weighted by molar-refractivity contribution is 0.340. The lowest BCUT2D eigenvalue weighted by Crippen LogP contribution is -2.40. The minimum atomic E-state index is 0.378. The maximum Gasteiger partial charge on any atom is 0.158 e. The minimum Gasteiger partial charge on any atom is -0.353 e. The fourth-order valence-corrected chi connectivity index (χ4v) is 2.78. The Morgan fingerprint density at radius 2 is 2.29 bits per heavy atom. The molecule has 2 saturated heterocycles. The highest BCUT2D eigenvalue weighted by molar-refractivity contribution is 5.39. The topological polar surface area (TPSA) is 64.8 Å². The van der Waals surface area contributed by atoms with Crippen molar-refractivity contribution in [2.75, 3.05) is 24.5 Å². The number of rotatable bonds is 1. The average Bonchev–Trinajstić information content (AvgIpc) is 2.82. The summed E-state index contributed by atoms with van der Waals surface area (Å²) in [5.74, 6) is 1.63. The van der Waals surface area contributed by atoms with Gasteiger partial charge in [0.2, 0.25) is 0 Å². The number of anilines is 1. The number of fused-ring (bicyclic) bond motifs is 1. The van der Waals surface area contributed by atoms with Gasteiger partial charge in [-0.3, -0.25) is 0 Å². The van der Waals surface area contributed by atoms with Crippen molar-refractivity contribution in [1.29, 1.82) is 5.26 Å². The van der Waals surface area contributed by atoms with Crippen molar-refractivity contribution >= 4 is 5.82 Å². The number of nitrogens with zero attached hydrogens (tertiary/aromatic N) is 4. The molecular formula is C12H15N5. The molecule has 1 aromatic rings. The minimum absolute atomic E-state index is 0.378. The summed E-state index contributed by atoms with van der Waals surface area (Å²) >= 11 is 0. The summed E-state index contributed by atoms with van der Waals surface area (Å²) in [4.78, 5) is 10.6. The summed E-state index contributed by atoms with van der Waals surface area (Å²) in [7, 11) is 0. The van der Waals surface area contributed by atoms with E-state index in [9.17, 15) is 0 Å². The summed E-state index contributed by atoms with van der Waals surface area (Å²) in [6, 6.07) is 2.59. The van der Waals surface area contributed by atoms with Crippen LogP contribution in [0.1, 0.15) is 18.5 Å². The molecule has 3 heterocycles. The van der Waals surface area contributed by atoms with E-state index >= 15 is 0 Å². The van der Waals surface area contributed by atoms with Gasteiger partial charge >= 0.3 is 0 Å². The molecule has 2 atom stereocenters. The van der Waals surface area contributed by atoms with Gasteiger partial charge in [-0.2, -0.15) is 5.26 Å². The Balaban J connectivity index is 1.74. The van der Waals surface area contributed by atoms with E-state index in [0.717, 1.165) is 31.4 Å². The van der Waals surface area contributed by atoms with Gasteiger partial charge in [-0.15, -0.1) is 0 Å². The maximum atomic E-state index is 8.69. The van der Waals surface area contributed by atoms with Crippen LogP contribution in [0, 0.1) is 17.2 Å². The molecule has 5 heteroatoms. The summed E-state index contributed by atoms with van der Waals surface area (Å²) in [6.07, 6.45) is 5.83. The molecule has 17 heavy (non-hydrogen) atoms. The molecule has 88 valence electrons. The molecule has 3 rings (SSSR count). The van der Waals surface area contributed by atoms with Crippen LogP contribution in [0.5, 0.6) is 0 Å². The second-order valence-electron chi connectivity index (χ2n) is 4.74. The fraction of sp³-hybridized carbons (Fsp3) is 0.583. The van der Waals surface area contributed by atoms with Crippen LogP contribution in [0.3, 0.4) is 0 Å². The molecule has 0 amide bonds. The third kappa shape index (κ3) is 1.96. The number of aromatic nitrogens is 2. The van der Waals surface area contributed by atoms with Crippen molar-refractivity contribution in [3.05, 3.63) is 18.1 Å². The van der Waals surface area contributed by atoms with Gasteiger partial charge in [-0.05, 0) is 25.3 Å². The first-order valence-electron chi connectivity index (χ1n) is 6.07. The molecule has 2 aliphatic rings. The van der Waals surface area contributed by atoms with Gasteiger partial charge in [0.15, 0.2) is 5.69 Å². The van der Waals surface area contributed by atoms with Gasteiger partial charge < -0.3 is 10.2 Å².